The van der Waals surface area contributed by atoms with E-state index in [9.17, 15) is 4.79 Å². The number of likely N-dealkylation sites (tertiary alicyclic amines) is 1. The van der Waals surface area contributed by atoms with Gasteiger partial charge in [0.05, 0.1) is 30.4 Å². The van der Waals surface area contributed by atoms with E-state index in [-0.39, 0.29) is 11.6 Å². The van der Waals surface area contributed by atoms with Gasteiger partial charge in [-0.15, -0.1) is 0 Å². The lowest BCUT2D eigenvalue weighted by Gasteiger charge is -2.42. The van der Waals surface area contributed by atoms with Gasteiger partial charge in [-0.1, -0.05) is 19.4 Å². The molecule has 11 nitrogen and oxygen atoms in total. The fraction of sp³-hybridized carbons (Fsp3) is 0.656. The van der Waals surface area contributed by atoms with Crippen LogP contribution in [0.15, 0.2) is 30.7 Å². The second-order valence-corrected chi connectivity index (χ2v) is 12.9. The number of methoxy groups -OCH3 is 1. The first-order chi connectivity index (χ1) is 20.8. The summed E-state index contributed by atoms with van der Waals surface area (Å²) in [6, 6.07) is 6.35. The zero-order chi connectivity index (χ0) is 30.4. The topological polar surface area (TPSA) is 95.8 Å². The Balaban J connectivity index is 1.15. The minimum absolute atomic E-state index is 0.108. The van der Waals surface area contributed by atoms with Gasteiger partial charge in [-0.2, -0.15) is 5.10 Å². The summed E-state index contributed by atoms with van der Waals surface area (Å²) in [5.41, 5.74) is 3.00. The van der Waals surface area contributed by atoms with Crippen LogP contribution in [-0.4, -0.2) is 117 Å². The Bertz CT molecular complexity index is 1340. The van der Waals surface area contributed by atoms with E-state index in [0.29, 0.717) is 25.6 Å². The fourth-order valence-electron chi connectivity index (χ4n) is 6.24. The van der Waals surface area contributed by atoms with Crippen LogP contribution in [0, 0.1) is 5.92 Å². The monoisotopic (exact) mass is 591 g/mol. The summed E-state index contributed by atoms with van der Waals surface area (Å²) in [5, 5.41) is 5.58. The third-order valence-corrected chi connectivity index (χ3v) is 8.82. The maximum atomic E-state index is 13.4. The molecule has 2 aliphatic heterocycles. The smallest absolute Gasteiger partial charge is 0.320 e. The normalized spacial score (nSPS) is 16.9. The average molecular weight is 592 g/mol. The van der Waals surface area contributed by atoms with E-state index < -0.39 is 0 Å². The molecule has 0 atom stereocenters. The molecule has 11 heteroatoms. The number of carbonyl (C=O) groups excluding carboxylic acids is 1. The van der Waals surface area contributed by atoms with Crippen LogP contribution in [0.1, 0.15) is 58.3 Å². The largest absolute Gasteiger partial charge is 0.383 e. The van der Waals surface area contributed by atoms with Gasteiger partial charge in [0.15, 0.2) is 5.65 Å². The molecule has 2 fully saturated rings. The molecule has 0 spiro atoms. The van der Waals surface area contributed by atoms with E-state index in [2.05, 4.69) is 69.6 Å². The Morgan fingerprint density at radius 1 is 1.02 bits per heavy atom. The highest BCUT2D eigenvalue weighted by Gasteiger charge is 2.31. The molecular formula is C32H49N9O2. The Labute approximate surface area is 256 Å². The van der Waals surface area contributed by atoms with Crippen molar-refractivity contribution in [3.63, 3.8) is 0 Å². The first kappa shape index (κ1) is 31.1. The highest BCUT2D eigenvalue weighted by molar-refractivity contribution is 5.87. The quantitative estimate of drug-likeness (QED) is 0.350. The zero-order valence-corrected chi connectivity index (χ0v) is 26.7. The number of nitrogens with zero attached hydrogens (tertiary/aromatic N) is 9. The Morgan fingerprint density at radius 3 is 2.44 bits per heavy atom. The first-order valence-corrected chi connectivity index (χ1v) is 15.9. The highest BCUT2D eigenvalue weighted by atomic mass is 16.5. The molecule has 0 bridgehead atoms. The van der Waals surface area contributed by atoms with Crippen LogP contribution in [0.4, 0.5) is 10.6 Å². The summed E-state index contributed by atoms with van der Waals surface area (Å²) in [6.45, 7) is 16.8. The van der Waals surface area contributed by atoms with Crippen molar-refractivity contribution in [3.05, 3.63) is 42.1 Å². The maximum absolute atomic E-state index is 13.4. The predicted molar refractivity (Wildman–Crippen MR) is 169 cm³/mol. The number of amides is 2. The van der Waals surface area contributed by atoms with Gasteiger partial charge in [0.1, 0.15) is 12.1 Å². The minimum atomic E-state index is 0.108. The van der Waals surface area contributed by atoms with Crippen molar-refractivity contribution in [3.8, 4) is 0 Å². The molecule has 2 amide bonds. The van der Waals surface area contributed by atoms with E-state index in [4.69, 9.17) is 9.72 Å². The molecule has 0 aromatic carbocycles. The Kier molecular flexibility index (Phi) is 10.1. The minimum Gasteiger partial charge on any atom is -0.383 e. The number of urea groups is 1. The molecule has 0 saturated carbocycles. The molecule has 0 unspecified atom stereocenters. The number of piperazine rings is 1. The number of pyridine rings is 1. The predicted octanol–water partition coefficient (Wildman–Crippen LogP) is 3.92. The lowest BCUT2D eigenvalue weighted by molar-refractivity contribution is 0.0579. The van der Waals surface area contributed by atoms with E-state index in [0.717, 1.165) is 99.8 Å². The van der Waals surface area contributed by atoms with Crippen molar-refractivity contribution in [1.29, 1.82) is 0 Å². The number of hydrogen-bond donors (Lipinski definition) is 0. The van der Waals surface area contributed by atoms with Crippen molar-refractivity contribution in [2.45, 2.75) is 65.5 Å². The molecule has 43 heavy (non-hydrogen) atoms. The second-order valence-electron chi connectivity index (χ2n) is 12.9. The second kappa shape index (κ2) is 14.0. The standard InChI is InChI=1S/C32H49N9O2/c1-6-8-26-9-7-10-27(36-26)23-41-30-28(21-35-41)29(33-24-34-30)37-15-17-39(18-16-37)31(42)38-13-11-25(12-14-38)22-40(19-20-43-5)32(2,3)4/h7,9-10,21,24-25H,6,8,11-20,22-23H2,1-5H3. The molecule has 3 aromatic heterocycles. The van der Waals surface area contributed by atoms with Crippen molar-refractivity contribution < 1.29 is 9.53 Å². The van der Waals surface area contributed by atoms with Gasteiger partial charge in [0, 0.05) is 70.7 Å². The van der Waals surface area contributed by atoms with Gasteiger partial charge < -0.3 is 19.4 Å². The van der Waals surface area contributed by atoms with Gasteiger partial charge in [-0.3, -0.25) is 9.88 Å². The number of piperidine rings is 1. The molecular weight excluding hydrogens is 542 g/mol. The number of anilines is 1. The third kappa shape index (κ3) is 7.62. The fourth-order valence-corrected chi connectivity index (χ4v) is 6.24. The number of carbonyl (C=O) groups is 1. The Morgan fingerprint density at radius 2 is 1.74 bits per heavy atom. The number of ether oxygens (including phenoxy) is 1. The molecule has 2 saturated heterocycles. The van der Waals surface area contributed by atoms with Crippen LogP contribution < -0.4 is 4.90 Å². The lowest BCUT2D eigenvalue weighted by atomic mass is 9.94. The SMILES string of the molecule is CCCc1cccc(Cn2ncc3c(N4CCN(C(=O)N5CCC(CN(CCOC)C(C)(C)C)CC5)CC4)ncnc32)n1. The summed E-state index contributed by atoms with van der Waals surface area (Å²) >= 11 is 0. The van der Waals surface area contributed by atoms with E-state index in [1.807, 2.05) is 21.8 Å². The average Bonchev–Trinajstić information content (AvgIpc) is 3.42. The molecule has 3 aromatic rings. The van der Waals surface area contributed by atoms with Crippen LogP contribution in [0.2, 0.25) is 0 Å². The Hall–Kier alpha value is -3.31. The van der Waals surface area contributed by atoms with Crippen LogP contribution in [0.5, 0.6) is 0 Å². The van der Waals surface area contributed by atoms with Crippen LogP contribution in [0.3, 0.4) is 0 Å². The number of aromatic nitrogens is 5. The maximum Gasteiger partial charge on any atom is 0.320 e. The van der Waals surface area contributed by atoms with Crippen LogP contribution in [0.25, 0.3) is 11.0 Å². The summed E-state index contributed by atoms with van der Waals surface area (Å²) in [5.74, 6) is 1.49. The van der Waals surface area contributed by atoms with Crippen LogP contribution in [-0.2, 0) is 17.7 Å². The summed E-state index contributed by atoms with van der Waals surface area (Å²) in [7, 11) is 1.76. The van der Waals surface area contributed by atoms with Gasteiger partial charge in [0.25, 0.3) is 0 Å². The van der Waals surface area contributed by atoms with Crippen LogP contribution >= 0.6 is 0 Å². The molecule has 0 N–H and O–H groups in total. The van der Waals surface area contributed by atoms with Crippen molar-refractivity contribution in [2.75, 3.05) is 71.0 Å². The third-order valence-electron chi connectivity index (χ3n) is 8.82. The van der Waals surface area contributed by atoms with Gasteiger partial charge >= 0.3 is 6.03 Å². The summed E-state index contributed by atoms with van der Waals surface area (Å²) in [4.78, 5) is 36.3. The molecule has 2 aliphatic rings. The van der Waals surface area contributed by atoms with Crippen molar-refractivity contribution in [2.24, 2.45) is 5.92 Å². The molecule has 5 rings (SSSR count). The molecule has 0 radical (unpaired) electrons. The van der Waals surface area contributed by atoms with E-state index in [1.54, 1.807) is 13.4 Å². The first-order valence-electron chi connectivity index (χ1n) is 15.9. The lowest BCUT2D eigenvalue weighted by Crippen LogP contribution is -2.55. The zero-order valence-electron chi connectivity index (χ0n) is 26.7. The summed E-state index contributed by atoms with van der Waals surface area (Å²) < 4.78 is 7.25. The molecule has 234 valence electrons. The van der Waals surface area contributed by atoms with Crippen molar-refractivity contribution in [1.82, 2.24) is 39.4 Å². The highest BCUT2D eigenvalue weighted by Crippen LogP contribution is 2.26. The molecule has 5 heterocycles. The number of aryl methyl sites for hydroxylation is 1. The summed E-state index contributed by atoms with van der Waals surface area (Å²) in [6.07, 6.45) is 7.62. The van der Waals surface area contributed by atoms with E-state index >= 15 is 0 Å². The van der Waals surface area contributed by atoms with Crippen molar-refractivity contribution >= 4 is 22.9 Å². The number of rotatable bonds is 10. The van der Waals surface area contributed by atoms with Gasteiger partial charge in [-0.05, 0) is 58.1 Å². The van der Waals surface area contributed by atoms with E-state index in [1.165, 1.54) is 0 Å². The van der Waals surface area contributed by atoms with Gasteiger partial charge in [0.2, 0.25) is 0 Å². The molecule has 0 aliphatic carbocycles. The number of fused-ring (bicyclic) bond motifs is 1. The number of hydrogen-bond acceptors (Lipinski definition) is 8. The van der Waals surface area contributed by atoms with Gasteiger partial charge in [-0.25, -0.2) is 19.4 Å².